The van der Waals surface area contributed by atoms with E-state index < -0.39 is 0 Å². The van der Waals surface area contributed by atoms with Crippen molar-refractivity contribution < 1.29 is 4.79 Å². The molecule has 0 radical (unpaired) electrons. The highest BCUT2D eigenvalue weighted by Crippen LogP contribution is 2.27. The van der Waals surface area contributed by atoms with Gasteiger partial charge in [0.15, 0.2) is 5.96 Å². The third-order valence-electron chi connectivity index (χ3n) is 5.56. The molecule has 3 rings (SSSR count). The van der Waals surface area contributed by atoms with Gasteiger partial charge >= 0.3 is 0 Å². The van der Waals surface area contributed by atoms with Gasteiger partial charge in [0, 0.05) is 38.6 Å². The van der Waals surface area contributed by atoms with E-state index in [-0.39, 0.29) is 5.92 Å². The molecule has 5 nitrogen and oxygen atoms in total. The second-order valence-corrected chi connectivity index (χ2v) is 7.63. The van der Waals surface area contributed by atoms with E-state index in [1.165, 1.54) is 24.0 Å². The second-order valence-electron chi connectivity index (χ2n) is 7.63. The van der Waals surface area contributed by atoms with E-state index in [0.29, 0.717) is 11.9 Å². The molecule has 0 bridgehead atoms. The number of hydrogen-bond donors (Lipinski definition) is 2. The number of benzene rings is 1. The SMILES string of the molecule is CN=C(NCCc1cccc(C)c1)NC1CCN(C(=O)C2CCCC2)C1. The van der Waals surface area contributed by atoms with Gasteiger partial charge in [-0.1, -0.05) is 42.7 Å². The molecule has 142 valence electrons. The minimum Gasteiger partial charge on any atom is -0.356 e. The van der Waals surface area contributed by atoms with E-state index in [2.05, 4.69) is 46.8 Å². The third-order valence-corrected chi connectivity index (χ3v) is 5.56. The maximum Gasteiger partial charge on any atom is 0.225 e. The number of amides is 1. The van der Waals surface area contributed by atoms with Gasteiger partial charge in [-0.2, -0.15) is 0 Å². The van der Waals surface area contributed by atoms with Crippen molar-refractivity contribution in [3.05, 3.63) is 35.4 Å². The summed E-state index contributed by atoms with van der Waals surface area (Å²) < 4.78 is 0. The molecule has 1 unspecified atom stereocenters. The van der Waals surface area contributed by atoms with Gasteiger partial charge in [0.05, 0.1) is 0 Å². The van der Waals surface area contributed by atoms with Crippen LogP contribution in [0.3, 0.4) is 0 Å². The minimum atomic E-state index is 0.278. The van der Waals surface area contributed by atoms with Crippen LogP contribution in [0.1, 0.15) is 43.2 Å². The molecule has 2 aliphatic rings. The Hall–Kier alpha value is -2.04. The maximum atomic E-state index is 12.6. The molecule has 1 atom stereocenters. The highest BCUT2D eigenvalue weighted by molar-refractivity contribution is 5.81. The minimum absolute atomic E-state index is 0.278. The Morgan fingerprint density at radius 3 is 2.81 bits per heavy atom. The lowest BCUT2D eigenvalue weighted by Gasteiger charge is -2.21. The maximum absolute atomic E-state index is 12.6. The van der Waals surface area contributed by atoms with Gasteiger partial charge < -0.3 is 15.5 Å². The van der Waals surface area contributed by atoms with Crippen molar-refractivity contribution in [2.75, 3.05) is 26.7 Å². The van der Waals surface area contributed by atoms with Crippen LogP contribution >= 0.6 is 0 Å². The van der Waals surface area contributed by atoms with Gasteiger partial charge in [-0.15, -0.1) is 0 Å². The van der Waals surface area contributed by atoms with Gasteiger partial charge in [0.1, 0.15) is 0 Å². The first-order valence-electron chi connectivity index (χ1n) is 9.97. The number of likely N-dealkylation sites (tertiary alicyclic amines) is 1. The van der Waals surface area contributed by atoms with E-state index in [1.807, 2.05) is 4.90 Å². The fraction of sp³-hybridized carbons (Fsp3) is 0.619. The molecule has 0 spiro atoms. The molecule has 1 aromatic rings. The number of hydrogen-bond acceptors (Lipinski definition) is 2. The van der Waals surface area contributed by atoms with Crippen LogP contribution in [0, 0.1) is 12.8 Å². The number of carbonyl (C=O) groups is 1. The summed E-state index contributed by atoms with van der Waals surface area (Å²) in [5.74, 6) is 1.48. The van der Waals surface area contributed by atoms with Crippen molar-refractivity contribution in [1.29, 1.82) is 0 Å². The lowest BCUT2D eigenvalue weighted by molar-refractivity contribution is -0.134. The fourth-order valence-corrected chi connectivity index (χ4v) is 4.09. The van der Waals surface area contributed by atoms with Crippen molar-refractivity contribution in [1.82, 2.24) is 15.5 Å². The fourth-order valence-electron chi connectivity index (χ4n) is 4.09. The lowest BCUT2D eigenvalue weighted by atomic mass is 10.1. The van der Waals surface area contributed by atoms with E-state index >= 15 is 0 Å². The Bertz CT molecular complexity index is 637. The highest BCUT2D eigenvalue weighted by Gasteiger charge is 2.32. The van der Waals surface area contributed by atoms with Crippen LogP contribution in [0.15, 0.2) is 29.3 Å². The molecule has 1 saturated carbocycles. The smallest absolute Gasteiger partial charge is 0.225 e. The van der Waals surface area contributed by atoms with Gasteiger partial charge in [0.25, 0.3) is 0 Å². The summed E-state index contributed by atoms with van der Waals surface area (Å²) >= 11 is 0. The molecule has 1 aliphatic heterocycles. The van der Waals surface area contributed by atoms with Crippen molar-refractivity contribution in [2.45, 2.75) is 51.5 Å². The van der Waals surface area contributed by atoms with Crippen LogP contribution in [-0.4, -0.2) is 49.5 Å². The van der Waals surface area contributed by atoms with Crippen LogP contribution in [-0.2, 0) is 11.2 Å². The average molecular weight is 357 g/mol. The Morgan fingerprint density at radius 1 is 1.27 bits per heavy atom. The van der Waals surface area contributed by atoms with Crippen LogP contribution in [0.5, 0.6) is 0 Å². The predicted octanol–water partition coefficient (Wildman–Crippen LogP) is 2.49. The highest BCUT2D eigenvalue weighted by atomic mass is 16.2. The standard InChI is InChI=1S/C21H32N4O/c1-16-6-5-7-17(14-16)10-12-23-21(22-2)24-19-11-13-25(15-19)20(26)18-8-3-4-9-18/h5-7,14,18-19H,3-4,8-13,15H2,1-2H3,(H2,22,23,24). The molecule has 2 fully saturated rings. The van der Waals surface area contributed by atoms with E-state index in [1.54, 1.807) is 7.05 Å². The third kappa shape index (κ3) is 4.99. The molecular weight excluding hydrogens is 324 g/mol. The molecule has 1 heterocycles. The van der Waals surface area contributed by atoms with Crippen molar-refractivity contribution in [3.8, 4) is 0 Å². The topological polar surface area (TPSA) is 56.7 Å². The summed E-state index contributed by atoms with van der Waals surface area (Å²) in [6.45, 7) is 4.64. The normalized spacial score (nSPS) is 21.2. The van der Waals surface area contributed by atoms with Gasteiger partial charge in [-0.25, -0.2) is 0 Å². The zero-order valence-corrected chi connectivity index (χ0v) is 16.1. The average Bonchev–Trinajstić information content (AvgIpc) is 3.32. The number of rotatable bonds is 5. The number of nitrogens with one attached hydrogen (secondary N) is 2. The first-order valence-corrected chi connectivity index (χ1v) is 9.97. The van der Waals surface area contributed by atoms with Gasteiger partial charge in [0.2, 0.25) is 5.91 Å². The van der Waals surface area contributed by atoms with E-state index in [4.69, 9.17) is 0 Å². The van der Waals surface area contributed by atoms with Crippen molar-refractivity contribution in [3.63, 3.8) is 0 Å². The molecule has 1 saturated heterocycles. The Kier molecular flexibility index (Phi) is 6.53. The molecule has 5 heteroatoms. The predicted molar refractivity (Wildman–Crippen MR) is 106 cm³/mol. The Labute approximate surface area is 157 Å². The quantitative estimate of drug-likeness (QED) is 0.629. The van der Waals surface area contributed by atoms with Crippen LogP contribution in [0.4, 0.5) is 0 Å². The summed E-state index contributed by atoms with van der Waals surface area (Å²) in [6, 6.07) is 8.91. The van der Waals surface area contributed by atoms with Crippen LogP contribution in [0.2, 0.25) is 0 Å². The first-order chi connectivity index (χ1) is 12.7. The number of aryl methyl sites for hydroxylation is 1. The van der Waals surface area contributed by atoms with E-state index in [0.717, 1.165) is 51.3 Å². The summed E-state index contributed by atoms with van der Waals surface area (Å²) in [4.78, 5) is 18.9. The Morgan fingerprint density at radius 2 is 2.08 bits per heavy atom. The van der Waals surface area contributed by atoms with E-state index in [9.17, 15) is 4.79 Å². The molecule has 1 aromatic carbocycles. The zero-order valence-electron chi connectivity index (χ0n) is 16.1. The largest absolute Gasteiger partial charge is 0.356 e. The summed E-state index contributed by atoms with van der Waals surface area (Å²) in [7, 11) is 1.80. The first kappa shape index (κ1) is 18.7. The lowest BCUT2D eigenvalue weighted by Crippen LogP contribution is -2.45. The molecule has 1 amide bonds. The zero-order chi connectivity index (χ0) is 18.4. The number of aliphatic imine (C=N–C) groups is 1. The number of nitrogens with zero attached hydrogens (tertiary/aromatic N) is 2. The molecule has 2 N–H and O–H groups in total. The summed E-state index contributed by atoms with van der Waals surface area (Å²) in [5.41, 5.74) is 2.63. The Balaban J connectivity index is 1.41. The molecule has 0 aromatic heterocycles. The number of carbonyl (C=O) groups excluding carboxylic acids is 1. The second kappa shape index (κ2) is 9.06. The molecule has 26 heavy (non-hydrogen) atoms. The molecular formula is C21H32N4O. The monoisotopic (exact) mass is 356 g/mol. The summed E-state index contributed by atoms with van der Waals surface area (Å²) in [6.07, 6.45) is 6.55. The van der Waals surface area contributed by atoms with Gasteiger partial charge in [-0.3, -0.25) is 9.79 Å². The van der Waals surface area contributed by atoms with Crippen LogP contribution < -0.4 is 10.6 Å². The van der Waals surface area contributed by atoms with Gasteiger partial charge in [-0.05, 0) is 38.2 Å². The van der Waals surface area contributed by atoms with Crippen molar-refractivity contribution in [2.24, 2.45) is 10.9 Å². The number of guanidine groups is 1. The van der Waals surface area contributed by atoms with Crippen molar-refractivity contribution >= 4 is 11.9 Å². The van der Waals surface area contributed by atoms with Crippen LogP contribution in [0.25, 0.3) is 0 Å². The summed E-state index contributed by atoms with van der Waals surface area (Å²) in [5, 5.41) is 6.88. The molecule has 1 aliphatic carbocycles.